The third-order valence-electron chi connectivity index (χ3n) is 5.18. The molecule has 0 bridgehead atoms. The molecule has 1 amide bonds. The highest BCUT2D eigenvalue weighted by atomic mass is 16.6. The Bertz CT molecular complexity index is 907. The molecule has 0 saturated carbocycles. The lowest BCUT2D eigenvalue weighted by Crippen LogP contribution is -2.48. The smallest absolute Gasteiger partial charge is 0.272 e. The Hall–Kier alpha value is -3.13. The quantitative estimate of drug-likeness (QED) is 0.549. The van der Waals surface area contributed by atoms with Gasteiger partial charge in [-0.15, -0.1) is 0 Å². The molecule has 0 aliphatic carbocycles. The first-order valence-corrected chi connectivity index (χ1v) is 9.40. The number of hydrogen-bond acceptors (Lipinski definition) is 6. The van der Waals surface area contributed by atoms with E-state index in [0.717, 1.165) is 30.2 Å². The van der Waals surface area contributed by atoms with Gasteiger partial charge in [0.1, 0.15) is 11.5 Å². The first-order valence-electron chi connectivity index (χ1n) is 9.40. The van der Waals surface area contributed by atoms with E-state index in [2.05, 4.69) is 4.90 Å². The molecule has 1 aliphatic rings. The highest BCUT2D eigenvalue weighted by Crippen LogP contribution is 2.26. The number of carbonyl (C=O) groups is 1. The van der Waals surface area contributed by atoms with Crippen LogP contribution in [0.2, 0.25) is 0 Å². The largest absolute Gasteiger partial charge is 0.497 e. The second-order valence-electron chi connectivity index (χ2n) is 7.00. The predicted molar refractivity (Wildman–Crippen MR) is 109 cm³/mol. The van der Waals surface area contributed by atoms with Crippen LogP contribution in [0, 0.1) is 17.0 Å². The van der Waals surface area contributed by atoms with Crippen molar-refractivity contribution in [3.63, 3.8) is 0 Å². The monoisotopic (exact) mass is 399 g/mol. The summed E-state index contributed by atoms with van der Waals surface area (Å²) in [7, 11) is 3.28. The number of benzene rings is 2. The number of nitrogens with zero attached hydrogens (tertiary/aromatic N) is 3. The number of amides is 1. The number of aryl methyl sites for hydroxylation is 1. The Morgan fingerprint density at radius 2 is 1.79 bits per heavy atom. The molecule has 2 aromatic carbocycles. The fourth-order valence-electron chi connectivity index (χ4n) is 3.53. The highest BCUT2D eigenvalue weighted by Gasteiger charge is 2.24. The first kappa shape index (κ1) is 20.6. The van der Waals surface area contributed by atoms with Gasteiger partial charge in [0.25, 0.3) is 11.6 Å². The van der Waals surface area contributed by atoms with Crippen molar-refractivity contribution in [1.29, 1.82) is 0 Å². The minimum absolute atomic E-state index is 0.0265. The molecule has 8 nitrogen and oxygen atoms in total. The number of carbonyl (C=O) groups excluding carboxylic acids is 1. The summed E-state index contributed by atoms with van der Waals surface area (Å²) in [4.78, 5) is 27.4. The lowest BCUT2D eigenvalue weighted by Gasteiger charge is -2.35. The van der Waals surface area contributed by atoms with Crippen LogP contribution in [-0.4, -0.2) is 61.0 Å². The molecule has 2 aromatic rings. The molecule has 154 valence electrons. The maximum absolute atomic E-state index is 12.8. The lowest BCUT2D eigenvalue weighted by atomic mass is 10.1. The second kappa shape index (κ2) is 8.91. The summed E-state index contributed by atoms with van der Waals surface area (Å²) in [5, 5.41) is 11.0. The maximum atomic E-state index is 12.8. The molecule has 0 radical (unpaired) electrons. The normalized spacial score (nSPS) is 14.5. The Labute approximate surface area is 169 Å². The average Bonchev–Trinajstić information content (AvgIpc) is 2.73. The van der Waals surface area contributed by atoms with E-state index >= 15 is 0 Å². The van der Waals surface area contributed by atoms with Gasteiger partial charge in [0.05, 0.1) is 19.1 Å². The molecular formula is C21H25N3O5. The van der Waals surface area contributed by atoms with Crippen LogP contribution in [0.5, 0.6) is 11.5 Å². The molecule has 3 rings (SSSR count). The van der Waals surface area contributed by atoms with Gasteiger partial charge in [0.15, 0.2) is 0 Å². The zero-order valence-electron chi connectivity index (χ0n) is 16.9. The summed E-state index contributed by atoms with van der Waals surface area (Å²) >= 11 is 0. The maximum Gasteiger partial charge on any atom is 0.272 e. The topological polar surface area (TPSA) is 85.2 Å². The van der Waals surface area contributed by atoms with E-state index in [1.807, 2.05) is 18.2 Å². The zero-order valence-corrected chi connectivity index (χ0v) is 16.9. The zero-order chi connectivity index (χ0) is 21.0. The number of ether oxygens (including phenoxy) is 2. The molecule has 1 heterocycles. The molecular weight excluding hydrogens is 374 g/mol. The Kier molecular flexibility index (Phi) is 6.33. The highest BCUT2D eigenvalue weighted by molar-refractivity contribution is 5.94. The Morgan fingerprint density at radius 3 is 2.38 bits per heavy atom. The fraction of sp³-hybridized carbons (Fsp3) is 0.381. The van der Waals surface area contributed by atoms with Crippen LogP contribution in [-0.2, 0) is 6.54 Å². The van der Waals surface area contributed by atoms with E-state index in [-0.39, 0.29) is 11.6 Å². The minimum Gasteiger partial charge on any atom is -0.497 e. The van der Waals surface area contributed by atoms with E-state index in [4.69, 9.17) is 9.47 Å². The standard InChI is InChI=1S/C21H25N3O5/c1-15-12-16(4-6-19(15)24(26)27)21(25)23-10-8-22(9-11-23)14-17-13-18(28-2)5-7-20(17)29-3/h4-7,12-13H,8-11,14H2,1-3H3. The van der Waals surface area contributed by atoms with Crippen molar-refractivity contribution in [3.05, 3.63) is 63.2 Å². The van der Waals surface area contributed by atoms with Gasteiger partial charge < -0.3 is 14.4 Å². The number of nitro groups is 1. The SMILES string of the molecule is COc1ccc(OC)c(CN2CCN(C(=O)c3ccc([N+](=O)[O-])c(C)c3)CC2)c1. The van der Waals surface area contributed by atoms with Crippen molar-refractivity contribution in [2.24, 2.45) is 0 Å². The lowest BCUT2D eigenvalue weighted by molar-refractivity contribution is -0.385. The van der Waals surface area contributed by atoms with E-state index in [9.17, 15) is 14.9 Å². The average molecular weight is 399 g/mol. The predicted octanol–water partition coefficient (Wildman–Crippen LogP) is 2.88. The van der Waals surface area contributed by atoms with Crippen LogP contribution >= 0.6 is 0 Å². The third-order valence-corrected chi connectivity index (χ3v) is 5.18. The van der Waals surface area contributed by atoms with Gasteiger partial charge in [0.2, 0.25) is 0 Å². The first-order chi connectivity index (χ1) is 13.9. The van der Waals surface area contributed by atoms with Gasteiger partial charge in [-0.1, -0.05) is 0 Å². The van der Waals surface area contributed by atoms with Gasteiger partial charge in [-0.3, -0.25) is 19.8 Å². The summed E-state index contributed by atoms with van der Waals surface area (Å²) in [6.07, 6.45) is 0. The van der Waals surface area contributed by atoms with Crippen LogP contribution in [0.3, 0.4) is 0 Å². The van der Waals surface area contributed by atoms with Crippen molar-refractivity contribution in [3.8, 4) is 11.5 Å². The third kappa shape index (κ3) is 4.65. The number of piperazine rings is 1. The van der Waals surface area contributed by atoms with Gasteiger partial charge in [-0.25, -0.2) is 0 Å². The molecule has 0 atom stereocenters. The van der Waals surface area contributed by atoms with Gasteiger partial charge in [0, 0.05) is 55.5 Å². The molecule has 1 aliphatic heterocycles. The Balaban J connectivity index is 1.63. The van der Waals surface area contributed by atoms with Crippen LogP contribution in [0.25, 0.3) is 0 Å². The van der Waals surface area contributed by atoms with Crippen molar-refractivity contribution in [1.82, 2.24) is 9.80 Å². The van der Waals surface area contributed by atoms with E-state index in [1.165, 1.54) is 12.1 Å². The molecule has 0 aromatic heterocycles. The van der Waals surface area contributed by atoms with Gasteiger partial charge in [-0.05, 0) is 37.3 Å². The van der Waals surface area contributed by atoms with E-state index in [0.29, 0.717) is 30.8 Å². The van der Waals surface area contributed by atoms with E-state index < -0.39 is 4.92 Å². The molecule has 1 fully saturated rings. The number of rotatable bonds is 6. The van der Waals surface area contributed by atoms with Crippen molar-refractivity contribution >= 4 is 11.6 Å². The van der Waals surface area contributed by atoms with E-state index in [1.54, 1.807) is 32.1 Å². The summed E-state index contributed by atoms with van der Waals surface area (Å²) in [6, 6.07) is 10.2. The van der Waals surface area contributed by atoms with Crippen LogP contribution < -0.4 is 9.47 Å². The van der Waals surface area contributed by atoms with Crippen molar-refractivity contribution in [2.45, 2.75) is 13.5 Å². The van der Waals surface area contributed by atoms with Gasteiger partial charge in [-0.2, -0.15) is 0 Å². The van der Waals surface area contributed by atoms with Gasteiger partial charge >= 0.3 is 0 Å². The molecule has 29 heavy (non-hydrogen) atoms. The summed E-state index contributed by atoms with van der Waals surface area (Å²) in [6.45, 7) is 5.02. The molecule has 1 saturated heterocycles. The molecule has 8 heteroatoms. The Morgan fingerprint density at radius 1 is 1.07 bits per heavy atom. The molecule has 0 N–H and O–H groups in total. The van der Waals surface area contributed by atoms with Crippen LogP contribution in [0.1, 0.15) is 21.5 Å². The second-order valence-corrected chi connectivity index (χ2v) is 7.00. The number of nitro benzene ring substituents is 1. The number of hydrogen-bond donors (Lipinski definition) is 0. The van der Waals surface area contributed by atoms with Crippen molar-refractivity contribution < 1.29 is 19.2 Å². The summed E-state index contributed by atoms with van der Waals surface area (Å²) in [5.41, 5.74) is 2.04. The molecule has 0 spiro atoms. The summed E-state index contributed by atoms with van der Waals surface area (Å²) < 4.78 is 10.8. The summed E-state index contributed by atoms with van der Waals surface area (Å²) in [5.74, 6) is 1.50. The van der Waals surface area contributed by atoms with Crippen LogP contribution in [0.15, 0.2) is 36.4 Å². The number of methoxy groups -OCH3 is 2. The minimum atomic E-state index is -0.435. The molecule has 0 unspecified atom stereocenters. The fourth-order valence-corrected chi connectivity index (χ4v) is 3.53. The van der Waals surface area contributed by atoms with Crippen molar-refractivity contribution in [2.75, 3.05) is 40.4 Å². The van der Waals surface area contributed by atoms with Crippen LogP contribution in [0.4, 0.5) is 5.69 Å².